The lowest BCUT2D eigenvalue weighted by atomic mass is 9.82. The van der Waals surface area contributed by atoms with Gasteiger partial charge in [-0.15, -0.1) is 0 Å². The number of ether oxygens (including phenoxy) is 2. The molecule has 0 radical (unpaired) electrons. The lowest BCUT2D eigenvalue weighted by molar-refractivity contribution is -0.168. The monoisotopic (exact) mass is 334 g/mol. The highest BCUT2D eigenvalue weighted by atomic mass is 16.6. The standard InChI is InChI=1S/C19H26O5/c1-6-19(7-2,17(21)23-12-13(3)4)18(22)24-16-10-8-15(9-11-16)14(5)20/h8-11,13H,6-7,12H2,1-5H3. The van der Waals surface area contributed by atoms with Crippen LogP contribution in [0.5, 0.6) is 5.75 Å². The summed E-state index contributed by atoms with van der Waals surface area (Å²) in [5.41, 5.74) is -0.780. The Morgan fingerprint density at radius 1 is 1.00 bits per heavy atom. The van der Waals surface area contributed by atoms with E-state index in [2.05, 4.69) is 0 Å². The highest BCUT2D eigenvalue weighted by Crippen LogP contribution is 2.31. The van der Waals surface area contributed by atoms with Crippen molar-refractivity contribution in [3.63, 3.8) is 0 Å². The molecule has 0 saturated carbocycles. The van der Waals surface area contributed by atoms with Crippen LogP contribution in [-0.2, 0) is 14.3 Å². The lowest BCUT2D eigenvalue weighted by Crippen LogP contribution is -2.43. The van der Waals surface area contributed by atoms with Gasteiger partial charge in [0.25, 0.3) is 0 Å². The van der Waals surface area contributed by atoms with Crippen molar-refractivity contribution in [3.8, 4) is 5.75 Å². The first-order chi connectivity index (χ1) is 11.3. The van der Waals surface area contributed by atoms with Gasteiger partial charge < -0.3 is 9.47 Å². The third-order valence-electron chi connectivity index (χ3n) is 4.01. The second-order valence-electron chi connectivity index (χ2n) is 6.25. The first-order valence-electron chi connectivity index (χ1n) is 8.27. The van der Waals surface area contributed by atoms with Gasteiger partial charge in [-0.3, -0.25) is 14.4 Å². The van der Waals surface area contributed by atoms with Gasteiger partial charge in [0.15, 0.2) is 11.2 Å². The van der Waals surface area contributed by atoms with E-state index in [0.29, 0.717) is 24.2 Å². The number of Topliss-reactive ketones (excluding diaryl/α,β-unsaturated/α-hetero) is 1. The minimum Gasteiger partial charge on any atom is -0.465 e. The Hall–Kier alpha value is -2.17. The molecule has 0 atom stereocenters. The fourth-order valence-corrected chi connectivity index (χ4v) is 2.25. The highest BCUT2D eigenvalue weighted by molar-refractivity contribution is 6.01. The minimum atomic E-state index is -1.31. The number of carbonyl (C=O) groups is 3. The number of hydrogen-bond donors (Lipinski definition) is 0. The van der Waals surface area contributed by atoms with Crippen LogP contribution < -0.4 is 4.74 Å². The van der Waals surface area contributed by atoms with Crippen LogP contribution in [-0.4, -0.2) is 24.3 Å². The summed E-state index contributed by atoms with van der Waals surface area (Å²) in [5.74, 6) is -0.756. The summed E-state index contributed by atoms with van der Waals surface area (Å²) < 4.78 is 10.6. The van der Waals surface area contributed by atoms with E-state index in [-0.39, 0.29) is 18.3 Å². The maximum Gasteiger partial charge on any atom is 0.328 e. The zero-order valence-electron chi connectivity index (χ0n) is 15.0. The van der Waals surface area contributed by atoms with Crippen molar-refractivity contribution in [1.82, 2.24) is 0 Å². The average Bonchev–Trinajstić information content (AvgIpc) is 2.55. The van der Waals surface area contributed by atoms with Crippen molar-refractivity contribution in [3.05, 3.63) is 29.8 Å². The molecule has 0 aliphatic heterocycles. The average molecular weight is 334 g/mol. The maximum absolute atomic E-state index is 12.6. The quantitative estimate of drug-likeness (QED) is 0.313. The molecule has 5 heteroatoms. The number of rotatable bonds is 8. The Kier molecular flexibility index (Phi) is 7.14. The van der Waals surface area contributed by atoms with Gasteiger partial charge in [-0.1, -0.05) is 27.7 Å². The van der Waals surface area contributed by atoms with Crippen molar-refractivity contribution in [2.45, 2.75) is 47.5 Å². The number of benzene rings is 1. The fourth-order valence-electron chi connectivity index (χ4n) is 2.25. The second-order valence-corrected chi connectivity index (χ2v) is 6.25. The molecular formula is C19H26O5. The van der Waals surface area contributed by atoms with E-state index < -0.39 is 17.4 Å². The second kappa shape index (κ2) is 8.62. The lowest BCUT2D eigenvalue weighted by Gasteiger charge is -2.27. The minimum absolute atomic E-state index is 0.0680. The summed E-state index contributed by atoms with van der Waals surface area (Å²) in [6, 6.07) is 6.26. The van der Waals surface area contributed by atoms with Crippen LogP contribution >= 0.6 is 0 Å². The molecule has 1 rings (SSSR count). The molecule has 0 N–H and O–H groups in total. The van der Waals surface area contributed by atoms with Crippen LogP contribution in [0.25, 0.3) is 0 Å². The van der Waals surface area contributed by atoms with Crippen LogP contribution in [0.1, 0.15) is 57.8 Å². The van der Waals surface area contributed by atoms with Gasteiger partial charge in [0.05, 0.1) is 6.61 Å². The third-order valence-corrected chi connectivity index (χ3v) is 4.01. The number of hydrogen-bond acceptors (Lipinski definition) is 5. The molecule has 1 aromatic rings. The molecule has 0 fully saturated rings. The van der Waals surface area contributed by atoms with Crippen molar-refractivity contribution in [1.29, 1.82) is 0 Å². The smallest absolute Gasteiger partial charge is 0.328 e. The predicted molar refractivity (Wildman–Crippen MR) is 90.9 cm³/mol. The normalized spacial score (nSPS) is 11.2. The van der Waals surface area contributed by atoms with Crippen LogP contribution in [0.2, 0.25) is 0 Å². The van der Waals surface area contributed by atoms with E-state index in [1.54, 1.807) is 38.1 Å². The summed E-state index contributed by atoms with van der Waals surface area (Å²) in [6.45, 7) is 9.12. The molecule has 0 unspecified atom stereocenters. The van der Waals surface area contributed by atoms with E-state index in [1.165, 1.54) is 6.92 Å². The summed E-state index contributed by atoms with van der Waals surface area (Å²) in [5, 5.41) is 0. The molecule has 0 heterocycles. The van der Waals surface area contributed by atoms with Crippen LogP contribution in [0, 0.1) is 11.3 Å². The van der Waals surface area contributed by atoms with E-state index in [9.17, 15) is 14.4 Å². The molecule has 0 spiro atoms. The summed E-state index contributed by atoms with van der Waals surface area (Å²) in [7, 11) is 0. The highest BCUT2D eigenvalue weighted by Gasteiger charge is 2.46. The molecule has 0 aromatic heterocycles. The molecule has 0 saturated heterocycles. The van der Waals surface area contributed by atoms with E-state index in [0.717, 1.165) is 0 Å². The Balaban J connectivity index is 2.93. The topological polar surface area (TPSA) is 69.7 Å². The Morgan fingerprint density at radius 3 is 1.96 bits per heavy atom. The Morgan fingerprint density at radius 2 is 1.54 bits per heavy atom. The van der Waals surface area contributed by atoms with E-state index in [1.807, 2.05) is 13.8 Å². The Bertz CT molecular complexity index is 582. The first-order valence-corrected chi connectivity index (χ1v) is 8.27. The van der Waals surface area contributed by atoms with Gasteiger partial charge in [0.2, 0.25) is 0 Å². The molecule has 5 nitrogen and oxygen atoms in total. The van der Waals surface area contributed by atoms with Crippen molar-refractivity contribution >= 4 is 17.7 Å². The third kappa shape index (κ3) is 4.66. The molecule has 0 aliphatic rings. The maximum atomic E-state index is 12.6. The van der Waals surface area contributed by atoms with E-state index in [4.69, 9.17) is 9.47 Å². The Labute approximate surface area is 143 Å². The molecular weight excluding hydrogens is 308 g/mol. The number of carbonyl (C=O) groups excluding carboxylic acids is 3. The van der Waals surface area contributed by atoms with Gasteiger partial charge in [-0.05, 0) is 49.9 Å². The molecule has 0 amide bonds. The zero-order valence-corrected chi connectivity index (χ0v) is 15.0. The molecule has 132 valence electrons. The molecule has 0 bridgehead atoms. The SMILES string of the molecule is CCC(CC)(C(=O)OCC(C)C)C(=O)Oc1ccc(C(C)=O)cc1. The molecule has 24 heavy (non-hydrogen) atoms. The summed E-state index contributed by atoms with van der Waals surface area (Å²) in [4.78, 5) is 36.3. The fraction of sp³-hybridized carbons (Fsp3) is 0.526. The van der Waals surface area contributed by atoms with Crippen molar-refractivity contribution < 1.29 is 23.9 Å². The van der Waals surface area contributed by atoms with Crippen LogP contribution in [0.4, 0.5) is 0 Å². The molecule has 1 aromatic carbocycles. The molecule has 0 aliphatic carbocycles. The summed E-state index contributed by atoms with van der Waals surface area (Å²) >= 11 is 0. The predicted octanol–water partition coefficient (Wildman–Crippen LogP) is 3.80. The van der Waals surface area contributed by atoms with Crippen molar-refractivity contribution in [2.75, 3.05) is 6.61 Å². The van der Waals surface area contributed by atoms with Gasteiger partial charge in [-0.25, -0.2) is 0 Å². The zero-order chi connectivity index (χ0) is 18.3. The number of esters is 2. The number of ketones is 1. The van der Waals surface area contributed by atoms with Crippen LogP contribution in [0.15, 0.2) is 24.3 Å². The van der Waals surface area contributed by atoms with Gasteiger partial charge in [0.1, 0.15) is 5.75 Å². The van der Waals surface area contributed by atoms with Crippen molar-refractivity contribution in [2.24, 2.45) is 11.3 Å². The van der Waals surface area contributed by atoms with E-state index >= 15 is 0 Å². The van der Waals surface area contributed by atoms with Gasteiger partial charge in [-0.2, -0.15) is 0 Å². The van der Waals surface area contributed by atoms with Crippen LogP contribution in [0.3, 0.4) is 0 Å². The largest absolute Gasteiger partial charge is 0.465 e. The first kappa shape index (κ1) is 19.9. The van der Waals surface area contributed by atoms with Gasteiger partial charge in [0, 0.05) is 5.56 Å². The summed E-state index contributed by atoms with van der Waals surface area (Å²) in [6.07, 6.45) is 0.593. The van der Waals surface area contributed by atoms with Gasteiger partial charge >= 0.3 is 11.9 Å².